The third-order valence-corrected chi connectivity index (χ3v) is 3.57. The fourth-order valence-corrected chi connectivity index (χ4v) is 2.36. The smallest absolute Gasteiger partial charge is 0.120 e. The second-order valence-corrected chi connectivity index (χ2v) is 6.31. The highest BCUT2D eigenvalue weighted by atomic mass is 16.5. The van der Waals surface area contributed by atoms with E-state index >= 15 is 0 Å². The Labute approximate surface area is 142 Å². The minimum absolute atomic E-state index is 0.557. The Morgan fingerprint density at radius 1 is 0.917 bits per heavy atom. The SMILES string of the molecule is CC(C)(O)C#Cc1ccc2cc(OCc3ccccc3)ccc2c1. The molecule has 120 valence electrons. The van der Waals surface area contributed by atoms with Gasteiger partial charge in [0.2, 0.25) is 0 Å². The van der Waals surface area contributed by atoms with E-state index in [0.717, 1.165) is 27.6 Å². The molecule has 0 unspecified atom stereocenters. The van der Waals surface area contributed by atoms with Crippen molar-refractivity contribution in [2.75, 3.05) is 0 Å². The lowest BCUT2D eigenvalue weighted by molar-refractivity contribution is 0.143. The molecule has 0 aliphatic rings. The fraction of sp³-hybridized carbons (Fsp3) is 0.182. The van der Waals surface area contributed by atoms with E-state index in [0.29, 0.717) is 6.61 Å². The Bertz CT molecular complexity index is 894. The van der Waals surface area contributed by atoms with Crippen LogP contribution in [0.15, 0.2) is 66.7 Å². The van der Waals surface area contributed by atoms with E-state index in [-0.39, 0.29) is 0 Å². The van der Waals surface area contributed by atoms with Crippen LogP contribution in [0.4, 0.5) is 0 Å². The van der Waals surface area contributed by atoms with Crippen LogP contribution in [0.1, 0.15) is 25.0 Å². The number of benzene rings is 3. The van der Waals surface area contributed by atoms with Gasteiger partial charge in [0.25, 0.3) is 0 Å². The molecule has 0 saturated carbocycles. The summed E-state index contributed by atoms with van der Waals surface area (Å²) >= 11 is 0. The zero-order chi connectivity index (χ0) is 17.0. The first-order valence-electron chi connectivity index (χ1n) is 7.96. The second-order valence-electron chi connectivity index (χ2n) is 6.31. The summed E-state index contributed by atoms with van der Waals surface area (Å²) in [7, 11) is 0. The average Bonchev–Trinajstić information content (AvgIpc) is 2.58. The van der Waals surface area contributed by atoms with Gasteiger partial charge in [-0.15, -0.1) is 0 Å². The van der Waals surface area contributed by atoms with Crippen molar-refractivity contribution in [2.24, 2.45) is 0 Å². The van der Waals surface area contributed by atoms with Gasteiger partial charge in [-0.2, -0.15) is 0 Å². The van der Waals surface area contributed by atoms with E-state index in [1.165, 1.54) is 0 Å². The van der Waals surface area contributed by atoms with Gasteiger partial charge in [0.15, 0.2) is 0 Å². The molecule has 0 aliphatic carbocycles. The molecule has 0 aliphatic heterocycles. The molecule has 0 saturated heterocycles. The molecule has 0 atom stereocenters. The molecule has 2 heteroatoms. The first-order chi connectivity index (χ1) is 11.5. The third-order valence-electron chi connectivity index (χ3n) is 3.57. The maximum absolute atomic E-state index is 9.69. The van der Waals surface area contributed by atoms with Crippen molar-refractivity contribution in [2.45, 2.75) is 26.1 Å². The number of hydrogen-bond donors (Lipinski definition) is 1. The minimum atomic E-state index is -0.982. The van der Waals surface area contributed by atoms with Crippen molar-refractivity contribution in [1.82, 2.24) is 0 Å². The molecular weight excluding hydrogens is 296 g/mol. The van der Waals surface area contributed by atoms with Gasteiger partial charge in [0.1, 0.15) is 18.0 Å². The van der Waals surface area contributed by atoms with Crippen LogP contribution in [0.3, 0.4) is 0 Å². The summed E-state index contributed by atoms with van der Waals surface area (Å²) in [6.07, 6.45) is 0. The fourth-order valence-electron chi connectivity index (χ4n) is 2.36. The topological polar surface area (TPSA) is 29.5 Å². The molecule has 24 heavy (non-hydrogen) atoms. The van der Waals surface area contributed by atoms with Gasteiger partial charge in [-0.25, -0.2) is 0 Å². The van der Waals surface area contributed by atoms with E-state index in [9.17, 15) is 5.11 Å². The minimum Gasteiger partial charge on any atom is -0.489 e. The quantitative estimate of drug-likeness (QED) is 0.719. The van der Waals surface area contributed by atoms with Crippen molar-refractivity contribution >= 4 is 10.8 Å². The van der Waals surface area contributed by atoms with Gasteiger partial charge in [-0.3, -0.25) is 0 Å². The molecule has 0 fully saturated rings. The largest absolute Gasteiger partial charge is 0.489 e. The van der Waals surface area contributed by atoms with Crippen molar-refractivity contribution in [3.63, 3.8) is 0 Å². The lowest BCUT2D eigenvalue weighted by Gasteiger charge is -2.08. The molecule has 3 aromatic carbocycles. The van der Waals surface area contributed by atoms with Crippen LogP contribution in [-0.2, 0) is 6.61 Å². The third kappa shape index (κ3) is 4.38. The van der Waals surface area contributed by atoms with Crippen molar-refractivity contribution in [1.29, 1.82) is 0 Å². The molecule has 3 aromatic rings. The van der Waals surface area contributed by atoms with Crippen molar-refractivity contribution in [3.8, 4) is 17.6 Å². The number of fused-ring (bicyclic) bond motifs is 1. The highest BCUT2D eigenvalue weighted by Crippen LogP contribution is 2.22. The number of ether oxygens (including phenoxy) is 1. The van der Waals surface area contributed by atoms with E-state index in [4.69, 9.17) is 4.74 Å². The lowest BCUT2D eigenvalue weighted by Crippen LogP contribution is -2.14. The molecule has 0 radical (unpaired) electrons. The van der Waals surface area contributed by atoms with Gasteiger partial charge in [-0.1, -0.05) is 54.3 Å². The highest BCUT2D eigenvalue weighted by molar-refractivity contribution is 5.85. The average molecular weight is 316 g/mol. The number of rotatable bonds is 3. The standard InChI is InChI=1S/C22H20O2/c1-22(2,23)13-12-17-8-9-20-15-21(11-10-19(20)14-17)24-16-18-6-4-3-5-7-18/h3-11,14-15,23H,16H2,1-2H3. The van der Waals surface area contributed by atoms with Crippen molar-refractivity contribution in [3.05, 3.63) is 77.9 Å². The summed E-state index contributed by atoms with van der Waals surface area (Å²) in [4.78, 5) is 0. The van der Waals surface area contributed by atoms with Crippen LogP contribution in [-0.4, -0.2) is 10.7 Å². The molecule has 0 amide bonds. The van der Waals surface area contributed by atoms with Gasteiger partial charge < -0.3 is 9.84 Å². The first-order valence-corrected chi connectivity index (χ1v) is 7.96. The molecule has 0 aromatic heterocycles. The van der Waals surface area contributed by atoms with Crippen LogP contribution in [0.25, 0.3) is 10.8 Å². The van der Waals surface area contributed by atoms with Gasteiger partial charge in [-0.05, 0) is 54.4 Å². The molecular formula is C22H20O2. The van der Waals surface area contributed by atoms with Crippen LogP contribution < -0.4 is 4.74 Å². The number of hydrogen-bond acceptors (Lipinski definition) is 2. The van der Waals surface area contributed by atoms with E-state index in [2.05, 4.69) is 24.0 Å². The summed E-state index contributed by atoms with van der Waals surface area (Å²) in [5.41, 5.74) is 1.06. The van der Waals surface area contributed by atoms with Crippen LogP contribution >= 0.6 is 0 Å². The van der Waals surface area contributed by atoms with Crippen LogP contribution in [0, 0.1) is 11.8 Å². The first kappa shape index (κ1) is 16.1. The molecule has 0 spiro atoms. The second kappa shape index (κ2) is 6.78. The molecule has 3 rings (SSSR count). The summed E-state index contributed by atoms with van der Waals surface area (Å²) in [5, 5.41) is 11.9. The van der Waals surface area contributed by atoms with E-state index in [1.54, 1.807) is 13.8 Å². The van der Waals surface area contributed by atoms with Crippen LogP contribution in [0.5, 0.6) is 5.75 Å². The van der Waals surface area contributed by atoms with Gasteiger partial charge >= 0.3 is 0 Å². The Morgan fingerprint density at radius 2 is 1.62 bits per heavy atom. The monoisotopic (exact) mass is 316 g/mol. The summed E-state index contributed by atoms with van der Waals surface area (Å²) in [6.45, 7) is 3.91. The molecule has 0 bridgehead atoms. The zero-order valence-corrected chi connectivity index (χ0v) is 13.9. The lowest BCUT2D eigenvalue weighted by atomic mass is 10.1. The Kier molecular flexibility index (Phi) is 4.55. The normalized spacial score (nSPS) is 11.0. The zero-order valence-electron chi connectivity index (χ0n) is 13.9. The van der Waals surface area contributed by atoms with Gasteiger partial charge in [0, 0.05) is 5.56 Å². The predicted molar refractivity (Wildman–Crippen MR) is 97.9 cm³/mol. The summed E-state index contributed by atoms with van der Waals surface area (Å²) in [5.74, 6) is 6.69. The molecule has 0 heterocycles. The Hall–Kier alpha value is -2.76. The molecule has 2 nitrogen and oxygen atoms in total. The predicted octanol–water partition coefficient (Wildman–Crippen LogP) is 4.54. The Morgan fingerprint density at radius 3 is 2.38 bits per heavy atom. The molecule has 1 N–H and O–H groups in total. The highest BCUT2D eigenvalue weighted by Gasteiger charge is 2.06. The summed E-state index contributed by atoms with van der Waals surface area (Å²) in [6, 6.07) is 22.2. The van der Waals surface area contributed by atoms with E-state index < -0.39 is 5.60 Å². The maximum atomic E-state index is 9.69. The maximum Gasteiger partial charge on any atom is 0.120 e. The van der Waals surface area contributed by atoms with Crippen molar-refractivity contribution < 1.29 is 9.84 Å². The Balaban J connectivity index is 1.78. The van der Waals surface area contributed by atoms with E-state index in [1.807, 2.05) is 54.6 Å². The number of aliphatic hydroxyl groups is 1. The van der Waals surface area contributed by atoms with Crippen LogP contribution in [0.2, 0.25) is 0 Å². The summed E-state index contributed by atoms with van der Waals surface area (Å²) < 4.78 is 5.86. The van der Waals surface area contributed by atoms with Gasteiger partial charge in [0.05, 0.1) is 0 Å².